The Bertz CT molecular complexity index is 929. The highest BCUT2D eigenvalue weighted by Gasteiger charge is 2.08. The molecule has 0 aliphatic heterocycles. The topological polar surface area (TPSA) is 46.2 Å². The fraction of sp³-hybridized carbons (Fsp3) is 0.100. The van der Waals surface area contributed by atoms with E-state index in [2.05, 4.69) is 0 Å². The maximum absolute atomic E-state index is 10.3. The Morgan fingerprint density at radius 3 is 2.52 bits per heavy atom. The average molecular weight is 324 g/mol. The van der Waals surface area contributed by atoms with Crippen LogP contribution >= 0.6 is 11.6 Å². The van der Waals surface area contributed by atoms with Gasteiger partial charge in [0.25, 0.3) is 0 Å². The van der Waals surface area contributed by atoms with Crippen molar-refractivity contribution in [2.75, 3.05) is 5.73 Å². The third-order valence-electron chi connectivity index (χ3n) is 3.98. The molecule has 0 spiro atoms. The maximum atomic E-state index is 10.3. The molecule has 0 saturated carbocycles. The van der Waals surface area contributed by atoms with Crippen LogP contribution in [0, 0.1) is 13.8 Å². The van der Waals surface area contributed by atoms with E-state index in [4.69, 9.17) is 17.3 Å². The summed E-state index contributed by atoms with van der Waals surface area (Å²) in [6.45, 7) is 3.97. The van der Waals surface area contributed by atoms with Gasteiger partial charge in [0.2, 0.25) is 0 Å². The standard InChI is InChI=1S/C20H18ClNO/c1-12-9-15-5-8-18(22)17(20(15)19(23)10-12)7-4-14-3-6-16(21)11-13(14)2/h3-11,23H,22H2,1-2H3/b7-4+. The summed E-state index contributed by atoms with van der Waals surface area (Å²) in [5, 5.41) is 12.8. The van der Waals surface area contributed by atoms with Crippen molar-refractivity contribution in [3.63, 3.8) is 0 Å². The van der Waals surface area contributed by atoms with Crippen molar-refractivity contribution >= 4 is 40.2 Å². The Morgan fingerprint density at radius 1 is 1.00 bits per heavy atom. The number of halogens is 1. The number of rotatable bonds is 2. The van der Waals surface area contributed by atoms with Crippen molar-refractivity contribution in [2.45, 2.75) is 13.8 Å². The van der Waals surface area contributed by atoms with Crippen LogP contribution in [-0.4, -0.2) is 5.11 Å². The summed E-state index contributed by atoms with van der Waals surface area (Å²) < 4.78 is 0. The van der Waals surface area contributed by atoms with E-state index in [1.165, 1.54) is 0 Å². The Kier molecular flexibility index (Phi) is 4.01. The van der Waals surface area contributed by atoms with Crippen molar-refractivity contribution in [3.8, 4) is 5.75 Å². The molecule has 0 atom stereocenters. The molecule has 0 unspecified atom stereocenters. The van der Waals surface area contributed by atoms with E-state index in [1.54, 1.807) is 6.07 Å². The Balaban J connectivity index is 2.16. The van der Waals surface area contributed by atoms with Gasteiger partial charge in [0.15, 0.2) is 0 Å². The fourth-order valence-corrected chi connectivity index (χ4v) is 3.04. The summed E-state index contributed by atoms with van der Waals surface area (Å²) in [6.07, 6.45) is 3.94. The molecule has 0 fully saturated rings. The molecule has 116 valence electrons. The molecule has 0 amide bonds. The first kappa shape index (κ1) is 15.4. The number of phenols is 1. The third-order valence-corrected chi connectivity index (χ3v) is 4.21. The van der Waals surface area contributed by atoms with Crippen molar-refractivity contribution in [1.29, 1.82) is 0 Å². The quantitative estimate of drug-likeness (QED) is 0.478. The van der Waals surface area contributed by atoms with Crippen LogP contribution in [0.4, 0.5) is 5.69 Å². The zero-order valence-electron chi connectivity index (χ0n) is 13.1. The first-order valence-corrected chi connectivity index (χ1v) is 7.79. The molecule has 0 aliphatic carbocycles. The molecule has 0 aliphatic rings. The minimum Gasteiger partial charge on any atom is -0.507 e. The van der Waals surface area contributed by atoms with E-state index >= 15 is 0 Å². The summed E-state index contributed by atoms with van der Waals surface area (Å²) >= 11 is 6.00. The number of hydrogen-bond donors (Lipinski definition) is 2. The highest BCUT2D eigenvalue weighted by molar-refractivity contribution is 6.30. The summed E-state index contributed by atoms with van der Waals surface area (Å²) in [5.41, 5.74) is 10.8. The summed E-state index contributed by atoms with van der Waals surface area (Å²) in [7, 11) is 0. The van der Waals surface area contributed by atoms with Crippen LogP contribution in [0.25, 0.3) is 22.9 Å². The van der Waals surface area contributed by atoms with Gasteiger partial charge in [0.05, 0.1) is 0 Å². The highest BCUT2D eigenvalue weighted by atomic mass is 35.5. The van der Waals surface area contributed by atoms with Crippen molar-refractivity contribution < 1.29 is 5.11 Å². The molecule has 3 N–H and O–H groups in total. The van der Waals surface area contributed by atoms with Gasteiger partial charge in [0, 0.05) is 21.7 Å². The zero-order chi connectivity index (χ0) is 16.6. The van der Waals surface area contributed by atoms with Gasteiger partial charge < -0.3 is 10.8 Å². The normalized spacial score (nSPS) is 11.4. The van der Waals surface area contributed by atoms with Crippen LogP contribution < -0.4 is 5.73 Å². The number of aryl methyl sites for hydroxylation is 2. The van der Waals surface area contributed by atoms with Gasteiger partial charge in [-0.1, -0.05) is 42.0 Å². The second-order valence-electron chi connectivity index (χ2n) is 5.78. The molecule has 3 heteroatoms. The van der Waals surface area contributed by atoms with Crippen LogP contribution in [0.5, 0.6) is 5.75 Å². The van der Waals surface area contributed by atoms with E-state index < -0.39 is 0 Å². The lowest BCUT2D eigenvalue weighted by molar-refractivity contribution is 0.481. The SMILES string of the molecule is Cc1cc(O)c2c(/C=C/c3ccc(Cl)cc3C)c(N)ccc2c1. The molecule has 23 heavy (non-hydrogen) atoms. The van der Waals surface area contributed by atoms with Crippen molar-refractivity contribution in [1.82, 2.24) is 0 Å². The molecule has 2 nitrogen and oxygen atoms in total. The monoisotopic (exact) mass is 323 g/mol. The Labute approximate surface area is 140 Å². The van der Waals surface area contributed by atoms with Gasteiger partial charge in [-0.15, -0.1) is 0 Å². The molecule has 0 bridgehead atoms. The van der Waals surface area contributed by atoms with Gasteiger partial charge in [-0.2, -0.15) is 0 Å². The molecular formula is C20H18ClNO. The van der Waals surface area contributed by atoms with E-state index in [-0.39, 0.29) is 5.75 Å². The highest BCUT2D eigenvalue weighted by Crippen LogP contribution is 2.34. The molecule has 0 saturated heterocycles. The van der Waals surface area contributed by atoms with Crippen LogP contribution in [-0.2, 0) is 0 Å². The van der Waals surface area contributed by atoms with E-state index in [1.807, 2.05) is 62.4 Å². The lowest BCUT2D eigenvalue weighted by atomic mass is 9.98. The number of benzene rings is 3. The molecule has 3 aromatic carbocycles. The summed E-state index contributed by atoms with van der Waals surface area (Å²) in [5.74, 6) is 0.250. The minimum atomic E-state index is 0.250. The third kappa shape index (κ3) is 3.03. The first-order valence-electron chi connectivity index (χ1n) is 7.42. The zero-order valence-corrected chi connectivity index (χ0v) is 13.9. The van der Waals surface area contributed by atoms with Gasteiger partial charge >= 0.3 is 0 Å². The first-order chi connectivity index (χ1) is 11.0. The lowest BCUT2D eigenvalue weighted by Crippen LogP contribution is -1.92. The second-order valence-corrected chi connectivity index (χ2v) is 6.22. The number of phenolic OH excluding ortho intramolecular Hbond substituents is 1. The number of anilines is 1. The number of hydrogen-bond acceptors (Lipinski definition) is 2. The number of nitrogens with two attached hydrogens (primary N) is 1. The minimum absolute atomic E-state index is 0.250. The molecule has 0 radical (unpaired) electrons. The maximum Gasteiger partial charge on any atom is 0.124 e. The van der Waals surface area contributed by atoms with E-state index in [0.717, 1.165) is 38.0 Å². The Hall–Kier alpha value is -2.45. The van der Waals surface area contributed by atoms with Crippen LogP contribution in [0.1, 0.15) is 22.3 Å². The number of aromatic hydroxyl groups is 1. The summed E-state index contributed by atoms with van der Waals surface area (Å²) in [6, 6.07) is 13.4. The van der Waals surface area contributed by atoms with Crippen molar-refractivity contribution in [2.24, 2.45) is 0 Å². The molecule has 0 aromatic heterocycles. The molecular weight excluding hydrogens is 306 g/mol. The van der Waals surface area contributed by atoms with Gasteiger partial charge in [-0.3, -0.25) is 0 Å². The average Bonchev–Trinajstić information content (AvgIpc) is 2.48. The number of fused-ring (bicyclic) bond motifs is 1. The van der Waals surface area contributed by atoms with Gasteiger partial charge in [0.1, 0.15) is 5.75 Å². The Morgan fingerprint density at radius 2 is 1.78 bits per heavy atom. The van der Waals surface area contributed by atoms with Crippen LogP contribution in [0.15, 0.2) is 42.5 Å². The largest absolute Gasteiger partial charge is 0.507 e. The predicted molar refractivity (Wildman–Crippen MR) is 99.9 cm³/mol. The lowest BCUT2D eigenvalue weighted by Gasteiger charge is -2.10. The number of nitrogen functional groups attached to an aromatic ring is 1. The molecule has 0 heterocycles. The van der Waals surface area contributed by atoms with Gasteiger partial charge in [-0.05, 0) is 60.2 Å². The van der Waals surface area contributed by atoms with Crippen LogP contribution in [0.2, 0.25) is 5.02 Å². The molecule has 3 rings (SSSR count). The smallest absolute Gasteiger partial charge is 0.124 e. The fourth-order valence-electron chi connectivity index (χ4n) is 2.81. The van der Waals surface area contributed by atoms with E-state index in [9.17, 15) is 5.11 Å². The van der Waals surface area contributed by atoms with Gasteiger partial charge in [-0.25, -0.2) is 0 Å². The second kappa shape index (κ2) is 5.98. The van der Waals surface area contributed by atoms with E-state index in [0.29, 0.717) is 5.69 Å². The molecule has 3 aromatic rings. The van der Waals surface area contributed by atoms with Crippen molar-refractivity contribution in [3.05, 3.63) is 69.7 Å². The predicted octanol–water partition coefficient (Wildman–Crippen LogP) is 5.57. The summed E-state index contributed by atoms with van der Waals surface area (Å²) in [4.78, 5) is 0. The van der Waals surface area contributed by atoms with Crippen LogP contribution in [0.3, 0.4) is 0 Å².